The Morgan fingerprint density at radius 1 is 1.12 bits per heavy atom. The zero-order chi connectivity index (χ0) is 22.8. The number of carboxylic acids is 1. The summed E-state index contributed by atoms with van der Waals surface area (Å²) in [6.45, 7) is 4.01. The van der Waals surface area contributed by atoms with E-state index in [2.05, 4.69) is 27.4 Å². The molecule has 0 aliphatic carbocycles. The highest BCUT2D eigenvalue weighted by Gasteiger charge is 2.18. The van der Waals surface area contributed by atoms with Gasteiger partial charge in [0.2, 0.25) is 5.82 Å². The summed E-state index contributed by atoms with van der Waals surface area (Å²) in [6, 6.07) is 17.0. The number of benzene rings is 2. The summed E-state index contributed by atoms with van der Waals surface area (Å²) in [5, 5.41) is 17.9. The lowest BCUT2D eigenvalue weighted by Gasteiger charge is -2.22. The van der Waals surface area contributed by atoms with Gasteiger partial charge in [-0.05, 0) is 55.0 Å². The molecule has 0 bridgehead atoms. The Balaban J connectivity index is 1.33. The fourth-order valence-electron chi connectivity index (χ4n) is 4.13. The second-order valence-corrected chi connectivity index (χ2v) is 8.27. The van der Waals surface area contributed by atoms with E-state index in [1.165, 1.54) is 5.56 Å². The summed E-state index contributed by atoms with van der Waals surface area (Å²) in [5.41, 5.74) is 4.80. The Morgan fingerprint density at radius 3 is 2.67 bits per heavy atom. The van der Waals surface area contributed by atoms with E-state index in [1.54, 1.807) is 22.9 Å². The number of aromatic nitrogens is 4. The summed E-state index contributed by atoms with van der Waals surface area (Å²) in [6.07, 6.45) is 2.10. The molecule has 1 N–H and O–H groups in total. The van der Waals surface area contributed by atoms with E-state index in [1.807, 2.05) is 31.2 Å². The Labute approximate surface area is 190 Å². The van der Waals surface area contributed by atoms with Crippen LogP contribution in [0, 0.1) is 6.92 Å². The zero-order valence-electron chi connectivity index (χ0n) is 18.3. The number of hydrogen-bond acceptors (Lipinski definition) is 6. The first-order valence-corrected chi connectivity index (χ1v) is 11.0. The molecule has 1 saturated heterocycles. The molecule has 0 radical (unpaired) electrons. The van der Waals surface area contributed by atoms with Crippen molar-refractivity contribution in [3.63, 3.8) is 0 Å². The molecular weight excluding hydrogens is 420 g/mol. The number of rotatable bonds is 6. The number of hydrogen-bond donors (Lipinski definition) is 1. The van der Waals surface area contributed by atoms with Gasteiger partial charge in [-0.3, -0.25) is 4.68 Å². The van der Waals surface area contributed by atoms with E-state index in [-0.39, 0.29) is 5.56 Å². The van der Waals surface area contributed by atoms with E-state index < -0.39 is 5.97 Å². The Hall–Kier alpha value is -3.78. The van der Waals surface area contributed by atoms with Gasteiger partial charge in [0.25, 0.3) is 5.89 Å². The van der Waals surface area contributed by atoms with E-state index in [0.717, 1.165) is 42.9 Å². The SMILES string of the molecule is Cc1cc(-c2nc(-c3ccc(C4CCOCC4)cc3)no2)nn1Cc1cccc(C(=O)O)c1. The van der Waals surface area contributed by atoms with Crippen LogP contribution < -0.4 is 0 Å². The maximum Gasteiger partial charge on any atom is 0.335 e. The second-order valence-electron chi connectivity index (χ2n) is 8.27. The van der Waals surface area contributed by atoms with Crippen LogP contribution in [-0.4, -0.2) is 44.2 Å². The first kappa shape index (κ1) is 21.1. The minimum Gasteiger partial charge on any atom is -0.478 e. The third-order valence-corrected chi connectivity index (χ3v) is 5.99. The van der Waals surface area contributed by atoms with Crippen molar-refractivity contribution in [3.8, 4) is 23.0 Å². The molecule has 2 aromatic heterocycles. The standard InChI is InChI=1S/C25H24N4O4/c1-16-13-22(27-29(16)15-17-3-2-4-21(14-17)25(30)31)24-26-23(28-33-24)20-7-5-18(6-8-20)19-9-11-32-12-10-19/h2-8,13-14,19H,9-12,15H2,1H3,(H,30,31). The predicted octanol–water partition coefficient (Wildman–Crippen LogP) is 4.55. The van der Waals surface area contributed by atoms with Crippen LogP contribution >= 0.6 is 0 Å². The van der Waals surface area contributed by atoms with Crippen molar-refractivity contribution in [3.05, 3.63) is 77.0 Å². The third kappa shape index (κ3) is 4.56. The molecule has 33 heavy (non-hydrogen) atoms. The van der Waals surface area contributed by atoms with Gasteiger partial charge in [0, 0.05) is 24.5 Å². The molecule has 3 heterocycles. The van der Waals surface area contributed by atoms with Gasteiger partial charge in [-0.2, -0.15) is 10.1 Å². The molecule has 0 atom stereocenters. The lowest BCUT2D eigenvalue weighted by atomic mass is 9.91. The third-order valence-electron chi connectivity index (χ3n) is 5.99. The van der Waals surface area contributed by atoms with Crippen LogP contribution in [0.25, 0.3) is 23.0 Å². The Kier molecular flexibility index (Phi) is 5.75. The summed E-state index contributed by atoms with van der Waals surface area (Å²) in [7, 11) is 0. The van der Waals surface area contributed by atoms with E-state index in [0.29, 0.717) is 29.9 Å². The molecule has 8 heteroatoms. The second kappa shape index (κ2) is 8.99. The lowest BCUT2D eigenvalue weighted by Crippen LogP contribution is -2.13. The average Bonchev–Trinajstić information content (AvgIpc) is 3.47. The van der Waals surface area contributed by atoms with Gasteiger partial charge in [-0.25, -0.2) is 4.79 Å². The van der Waals surface area contributed by atoms with Crippen molar-refractivity contribution < 1.29 is 19.2 Å². The highest BCUT2D eigenvalue weighted by atomic mass is 16.5. The summed E-state index contributed by atoms with van der Waals surface area (Å²) >= 11 is 0. The van der Waals surface area contributed by atoms with Crippen LogP contribution in [0.2, 0.25) is 0 Å². The van der Waals surface area contributed by atoms with Crippen molar-refractivity contribution in [2.24, 2.45) is 0 Å². The summed E-state index contributed by atoms with van der Waals surface area (Å²) in [5.74, 6) is 0.454. The van der Waals surface area contributed by atoms with Crippen molar-refractivity contribution in [2.75, 3.05) is 13.2 Å². The molecule has 0 saturated carbocycles. The number of aromatic carboxylic acids is 1. The van der Waals surface area contributed by atoms with Crippen molar-refractivity contribution in [2.45, 2.75) is 32.2 Å². The monoisotopic (exact) mass is 444 g/mol. The van der Waals surface area contributed by atoms with Gasteiger partial charge in [-0.1, -0.05) is 41.6 Å². The van der Waals surface area contributed by atoms with Crippen LogP contribution in [0.5, 0.6) is 0 Å². The molecule has 0 amide bonds. The van der Waals surface area contributed by atoms with Crippen molar-refractivity contribution in [1.29, 1.82) is 0 Å². The van der Waals surface area contributed by atoms with Gasteiger partial charge in [0.05, 0.1) is 12.1 Å². The molecule has 168 valence electrons. The number of ether oxygens (including phenoxy) is 1. The van der Waals surface area contributed by atoms with Crippen LogP contribution in [0.15, 0.2) is 59.1 Å². The number of nitrogens with zero attached hydrogens (tertiary/aromatic N) is 4. The number of aryl methyl sites for hydroxylation is 1. The van der Waals surface area contributed by atoms with E-state index >= 15 is 0 Å². The van der Waals surface area contributed by atoms with E-state index in [4.69, 9.17) is 9.26 Å². The summed E-state index contributed by atoms with van der Waals surface area (Å²) < 4.78 is 12.7. The van der Waals surface area contributed by atoms with Crippen LogP contribution in [0.3, 0.4) is 0 Å². The zero-order valence-corrected chi connectivity index (χ0v) is 18.3. The first-order chi connectivity index (χ1) is 16.1. The predicted molar refractivity (Wildman–Crippen MR) is 121 cm³/mol. The minimum atomic E-state index is -0.950. The van der Waals surface area contributed by atoms with Gasteiger partial charge in [0.15, 0.2) is 5.69 Å². The molecule has 1 fully saturated rings. The topological polar surface area (TPSA) is 103 Å². The molecule has 1 aliphatic heterocycles. The highest BCUT2D eigenvalue weighted by Crippen LogP contribution is 2.29. The molecule has 0 spiro atoms. The molecule has 4 aromatic rings. The van der Waals surface area contributed by atoms with Crippen molar-refractivity contribution in [1.82, 2.24) is 19.9 Å². The first-order valence-electron chi connectivity index (χ1n) is 11.0. The average molecular weight is 444 g/mol. The largest absolute Gasteiger partial charge is 0.478 e. The van der Waals surface area contributed by atoms with Crippen LogP contribution in [-0.2, 0) is 11.3 Å². The molecular formula is C25H24N4O4. The van der Waals surface area contributed by atoms with Crippen LogP contribution in [0.4, 0.5) is 0 Å². The quantitative estimate of drug-likeness (QED) is 0.465. The smallest absolute Gasteiger partial charge is 0.335 e. The fraction of sp³-hybridized carbons (Fsp3) is 0.280. The number of carbonyl (C=O) groups is 1. The molecule has 8 nitrogen and oxygen atoms in total. The minimum absolute atomic E-state index is 0.252. The van der Waals surface area contributed by atoms with Gasteiger partial charge in [-0.15, -0.1) is 0 Å². The highest BCUT2D eigenvalue weighted by molar-refractivity contribution is 5.87. The molecule has 5 rings (SSSR count). The maximum atomic E-state index is 11.2. The molecule has 0 unspecified atom stereocenters. The Morgan fingerprint density at radius 2 is 1.91 bits per heavy atom. The fourth-order valence-corrected chi connectivity index (χ4v) is 4.13. The van der Waals surface area contributed by atoms with Crippen LogP contribution in [0.1, 0.15) is 45.9 Å². The van der Waals surface area contributed by atoms with Gasteiger partial charge < -0.3 is 14.4 Å². The normalized spacial score (nSPS) is 14.5. The Bertz CT molecular complexity index is 1270. The maximum absolute atomic E-state index is 11.2. The van der Waals surface area contributed by atoms with Gasteiger partial charge >= 0.3 is 5.97 Å². The summed E-state index contributed by atoms with van der Waals surface area (Å²) in [4.78, 5) is 15.8. The molecule has 2 aromatic carbocycles. The number of carboxylic acid groups (broad SMARTS) is 1. The molecule has 1 aliphatic rings. The van der Waals surface area contributed by atoms with Crippen molar-refractivity contribution >= 4 is 5.97 Å². The van der Waals surface area contributed by atoms with Gasteiger partial charge in [0.1, 0.15) is 0 Å². The lowest BCUT2D eigenvalue weighted by molar-refractivity contribution is 0.0696. The van der Waals surface area contributed by atoms with E-state index in [9.17, 15) is 9.90 Å².